The fourth-order valence-electron chi connectivity index (χ4n) is 4.65. The van der Waals surface area contributed by atoms with E-state index < -0.39 is 17.6 Å². The normalized spacial score (nSPS) is 19.3. The lowest BCUT2D eigenvalue weighted by Gasteiger charge is -2.39. The van der Waals surface area contributed by atoms with E-state index in [1.807, 2.05) is 10.6 Å². The third-order valence-electron chi connectivity index (χ3n) is 6.47. The maximum atomic E-state index is 13.1. The van der Waals surface area contributed by atoms with Crippen LogP contribution in [0.5, 0.6) is 0 Å². The van der Waals surface area contributed by atoms with Crippen LogP contribution in [0.1, 0.15) is 35.3 Å². The molecule has 0 unspecified atom stereocenters. The summed E-state index contributed by atoms with van der Waals surface area (Å²) in [7, 11) is 0. The highest BCUT2D eigenvalue weighted by atomic mass is 19.4. The summed E-state index contributed by atoms with van der Waals surface area (Å²) < 4.78 is 41.4. The fourth-order valence-corrected chi connectivity index (χ4v) is 4.65. The van der Waals surface area contributed by atoms with Crippen LogP contribution in [0.15, 0.2) is 59.8 Å². The minimum Gasteiger partial charge on any atom is -0.346 e. The predicted molar refractivity (Wildman–Crippen MR) is 118 cm³/mol. The molecule has 4 aromatic rings. The highest BCUT2D eigenvalue weighted by Gasteiger charge is 2.34. The molecule has 1 aliphatic rings. The van der Waals surface area contributed by atoms with E-state index in [2.05, 4.69) is 16.9 Å². The highest BCUT2D eigenvalue weighted by molar-refractivity contribution is 6.02. The molecule has 3 aromatic heterocycles. The smallest absolute Gasteiger partial charge is 0.346 e. The monoisotopic (exact) mass is 454 g/mol. The van der Waals surface area contributed by atoms with Gasteiger partial charge in [-0.05, 0) is 36.6 Å². The molecule has 0 bridgehead atoms. The first-order valence-corrected chi connectivity index (χ1v) is 10.7. The quantitative estimate of drug-likeness (QED) is 0.481. The Morgan fingerprint density at radius 1 is 1.18 bits per heavy atom. The van der Waals surface area contributed by atoms with Crippen molar-refractivity contribution in [3.05, 3.63) is 76.3 Å². The van der Waals surface area contributed by atoms with Crippen LogP contribution in [-0.2, 0) is 6.18 Å². The Hall–Kier alpha value is -3.62. The summed E-state index contributed by atoms with van der Waals surface area (Å²) in [5, 5.41) is 1.29. The molecule has 5 rings (SSSR count). The van der Waals surface area contributed by atoms with Gasteiger partial charge in [-0.3, -0.25) is 9.59 Å². The van der Waals surface area contributed by atoms with Crippen molar-refractivity contribution in [2.45, 2.75) is 25.6 Å². The molecule has 0 radical (unpaired) electrons. The van der Waals surface area contributed by atoms with Gasteiger partial charge in [0.05, 0.1) is 22.5 Å². The molecule has 1 fully saturated rings. The number of hydrogen-bond acceptors (Lipinski definition) is 3. The average Bonchev–Trinajstić information content (AvgIpc) is 3.28. The van der Waals surface area contributed by atoms with Gasteiger partial charge in [0.25, 0.3) is 5.91 Å². The molecule has 170 valence electrons. The van der Waals surface area contributed by atoms with Crippen LogP contribution >= 0.6 is 0 Å². The van der Waals surface area contributed by atoms with Crippen LogP contribution in [0.3, 0.4) is 0 Å². The Kier molecular flexibility index (Phi) is 4.99. The third-order valence-corrected chi connectivity index (χ3v) is 6.47. The number of likely N-dealkylation sites (tertiary alicyclic amines) is 1. The number of benzene rings is 1. The number of carbonyl (C=O) groups is 1. The van der Waals surface area contributed by atoms with Gasteiger partial charge in [0.2, 0.25) is 0 Å². The van der Waals surface area contributed by atoms with Gasteiger partial charge >= 0.3 is 6.18 Å². The topological polar surface area (TPSA) is 71.0 Å². The summed E-state index contributed by atoms with van der Waals surface area (Å²) in [4.78, 5) is 34.6. The number of alkyl halides is 3. The zero-order valence-corrected chi connectivity index (χ0v) is 17.8. The standard InChI is InChI=1S/C24H21F3N4O2/c1-14-6-9-30(23(33)15-3-2-4-16(11-15)24(25,26)27)13-19(14)31-10-7-20(32)18-12-29-22-17(21(18)31)5-8-28-22/h2-5,7-8,10-12,14,19H,6,9,13H2,1H3,(H,28,29)/t14-,19+/m1/s1. The van der Waals surface area contributed by atoms with Crippen molar-refractivity contribution in [1.29, 1.82) is 0 Å². The van der Waals surface area contributed by atoms with Gasteiger partial charge in [-0.1, -0.05) is 13.0 Å². The molecule has 4 heterocycles. The van der Waals surface area contributed by atoms with Crippen molar-refractivity contribution >= 4 is 27.8 Å². The Bertz CT molecular complexity index is 1420. The number of amides is 1. The van der Waals surface area contributed by atoms with Crippen molar-refractivity contribution in [3.63, 3.8) is 0 Å². The predicted octanol–water partition coefficient (Wildman–Crippen LogP) is 4.62. The first kappa shape index (κ1) is 21.2. The van der Waals surface area contributed by atoms with E-state index in [0.29, 0.717) is 30.5 Å². The molecule has 1 aliphatic heterocycles. The minimum absolute atomic E-state index is 0.0140. The molecule has 1 amide bonds. The third kappa shape index (κ3) is 3.67. The van der Waals surface area contributed by atoms with Crippen molar-refractivity contribution in [2.75, 3.05) is 13.1 Å². The molecule has 9 heteroatoms. The van der Waals surface area contributed by atoms with Crippen LogP contribution in [-0.4, -0.2) is 38.4 Å². The van der Waals surface area contributed by atoms with Gasteiger partial charge in [0, 0.05) is 48.7 Å². The molecule has 0 spiro atoms. The van der Waals surface area contributed by atoms with Crippen LogP contribution in [0.25, 0.3) is 21.9 Å². The summed E-state index contributed by atoms with van der Waals surface area (Å²) in [5.41, 5.74) is 0.419. The lowest BCUT2D eigenvalue weighted by Crippen LogP contribution is -2.44. The second-order valence-corrected chi connectivity index (χ2v) is 8.51. The first-order chi connectivity index (χ1) is 15.7. The van der Waals surface area contributed by atoms with E-state index in [9.17, 15) is 22.8 Å². The van der Waals surface area contributed by atoms with Gasteiger partial charge in [0.1, 0.15) is 5.65 Å². The largest absolute Gasteiger partial charge is 0.416 e. The molecule has 0 saturated carbocycles. The molecule has 6 nitrogen and oxygen atoms in total. The zero-order valence-electron chi connectivity index (χ0n) is 17.8. The molecule has 1 saturated heterocycles. The van der Waals surface area contributed by atoms with Crippen LogP contribution in [0.4, 0.5) is 13.2 Å². The second kappa shape index (κ2) is 7.75. The lowest BCUT2D eigenvalue weighted by molar-refractivity contribution is -0.137. The van der Waals surface area contributed by atoms with Crippen molar-refractivity contribution in [1.82, 2.24) is 19.4 Å². The zero-order chi connectivity index (χ0) is 23.3. The number of hydrogen-bond donors (Lipinski definition) is 1. The van der Waals surface area contributed by atoms with E-state index in [4.69, 9.17) is 0 Å². The van der Waals surface area contributed by atoms with E-state index in [1.165, 1.54) is 18.2 Å². The van der Waals surface area contributed by atoms with Crippen LogP contribution in [0.2, 0.25) is 0 Å². The summed E-state index contributed by atoms with van der Waals surface area (Å²) in [5.74, 6) is -0.250. The molecule has 1 N–H and O–H groups in total. The number of piperidine rings is 1. The number of nitrogens with one attached hydrogen (secondary N) is 1. The Balaban J connectivity index is 1.54. The number of rotatable bonds is 2. The van der Waals surface area contributed by atoms with Crippen LogP contribution < -0.4 is 5.43 Å². The highest BCUT2D eigenvalue weighted by Crippen LogP contribution is 2.33. The van der Waals surface area contributed by atoms with Gasteiger partial charge in [0.15, 0.2) is 5.43 Å². The number of fused-ring (bicyclic) bond motifs is 3. The number of aromatic nitrogens is 3. The summed E-state index contributed by atoms with van der Waals surface area (Å²) >= 11 is 0. The minimum atomic E-state index is -4.51. The summed E-state index contributed by atoms with van der Waals surface area (Å²) in [6.45, 7) is 2.85. The first-order valence-electron chi connectivity index (χ1n) is 10.7. The molecule has 0 aliphatic carbocycles. The number of carbonyl (C=O) groups excluding carboxylic acids is 1. The summed E-state index contributed by atoms with van der Waals surface area (Å²) in [6, 6.07) is 7.72. The van der Waals surface area contributed by atoms with E-state index in [0.717, 1.165) is 23.0 Å². The maximum absolute atomic E-state index is 13.1. The number of nitrogens with zero attached hydrogens (tertiary/aromatic N) is 3. The van der Waals surface area contributed by atoms with Gasteiger partial charge in [-0.15, -0.1) is 0 Å². The molecular formula is C24H21F3N4O2. The van der Waals surface area contributed by atoms with Crippen molar-refractivity contribution in [2.24, 2.45) is 5.92 Å². The Morgan fingerprint density at radius 3 is 2.79 bits per heavy atom. The number of halogens is 3. The molecule has 2 atom stereocenters. The SMILES string of the molecule is C[C@@H]1CCN(C(=O)c2cccc(C(F)(F)F)c2)C[C@@H]1n1ccc(=O)c2cnc3[nH]ccc3c21. The molecule has 1 aromatic carbocycles. The summed E-state index contributed by atoms with van der Waals surface area (Å²) in [6.07, 6.45) is 1.21. The van der Waals surface area contributed by atoms with Gasteiger partial charge < -0.3 is 14.5 Å². The second-order valence-electron chi connectivity index (χ2n) is 8.51. The maximum Gasteiger partial charge on any atom is 0.416 e. The number of pyridine rings is 2. The average molecular weight is 454 g/mol. The lowest BCUT2D eigenvalue weighted by atomic mass is 9.92. The Labute approximate surface area is 186 Å². The van der Waals surface area contributed by atoms with E-state index in [-0.39, 0.29) is 23.0 Å². The number of aromatic amines is 1. The number of H-pyrrole nitrogens is 1. The van der Waals surface area contributed by atoms with Crippen LogP contribution in [0, 0.1) is 5.92 Å². The van der Waals surface area contributed by atoms with Crippen molar-refractivity contribution in [3.8, 4) is 0 Å². The van der Waals surface area contributed by atoms with Gasteiger partial charge in [-0.2, -0.15) is 13.2 Å². The molecule has 33 heavy (non-hydrogen) atoms. The van der Waals surface area contributed by atoms with E-state index in [1.54, 1.807) is 23.5 Å². The fraction of sp³-hybridized carbons (Fsp3) is 0.292. The van der Waals surface area contributed by atoms with Gasteiger partial charge in [-0.25, -0.2) is 4.98 Å². The molecular weight excluding hydrogens is 433 g/mol. The van der Waals surface area contributed by atoms with Crippen molar-refractivity contribution < 1.29 is 18.0 Å². The van der Waals surface area contributed by atoms with E-state index >= 15 is 0 Å². The Morgan fingerprint density at radius 2 is 2.00 bits per heavy atom.